The molecule has 0 radical (unpaired) electrons. The van der Waals surface area contributed by atoms with Crippen LogP contribution < -0.4 is 14.8 Å². The minimum absolute atomic E-state index is 0.530. The number of nitrogens with zero attached hydrogens (tertiary/aromatic N) is 3. The summed E-state index contributed by atoms with van der Waals surface area (Å²) < 4.78 is 13.0. The molecule has 3 atom stereocenters. The minimum atomic E-state index is 0.530. The second-order valence-electron chi connectivity index (χ2n) is 10.9. The van der Waals surface area contributed by atoms with E-state index in [1.54, 1.807) is 14.2 Å². The zero-order valence-corrected chi connectivity index (χ0v) is 22.1. The van der Waals surface area contributed by atoms with Crippen molar-refractivity contribution in [2.24, 2.45) is 5.92 Å². The first-order valence-corrected chi connectivity index (χ1v) is 13.9. The van der Waals surface area contributed by atoms with Crippen LogP contribution in [0.4, 0.5) is 5.69 Å². The lowest BCUT2D eigenvalue weighted by Gasteiger charge is -2.41. The molecule has 2 aliphatic heterocycles. The summed E-state index contributed by atoms with van der Waals surface area (Å²) in [5.41, 5.74) is 3.72. The molecular weight excluding hydrogens is 472 g/mol. The van der Waals surface area contributed by atoms with Crippen molar-refractivity contribution in [1.29, 1.82) is 0 Å². The van der Waals surface area contributed by atoms with Crippen LogP contribution >= 0.6 is 11.6 Å². The van der Waals surface area contributed by atoms with Crippen molar-refractivity contribution in [2.45, 2.75) is 75.9 Å². The SMILES string of the molecule is COc1cc(OC)c(-c2cn3ccc(N[C@H]4C[C@H]5CC[C@@H](C4)N5CC4CCCCC4)cc3n2)cc1Cl. The van der Waals surface area contributed by atoms with Crippen molar-refractivity contribution < 1.29 is 9.47 Å². The molecule has 1 saturated carbocycles. The number of pyridine rings is 1. The fourth-order valence-corrected chi connectivity index (χ4v) is 7.10. The van der Waals surface area contributed by atoms with Crippen molar-refractivity contribution >= 4 is 22.9 Å². The summed E-state index contributed by atoms with van der Waals surface area (Å²) in [6.07, 6.45) is 16.5. The van der Waals surface area contributed by atoms with Gasteiger partial charge >= 0.3 is 0 Å². The van der Waals surface area contributed by atoms with Crippen LogP contribution in [0.3, 0.4) is 0 Å². The molecule has 6 nitrogen and oxygen atoms in total. The van der Waals surface area contributed by atoms with Crippen LogP contribution in [0.15, 0.2) is 36.7 Å². The zero-order chi connectivity index (χ0) is 24.6. The smallest absolute Gasteiger partial charge is 0.141 e. The van der Waals surface area contributed by atoms with Crippen molar-refractivity contribution in [3.63, 3.8) is 0 Å². The summed E-state index contributed by atoms with van der Waals surface area (Å²) in [5.74, 6) is 2.21. The molecule has 7 heteroatoms. The van der Waals surface area contributed by atoms with Gasteiger partial charge in [0.1, 0.15) is 17.1 Å². The van der Waals surface area contributed by atoms with E-state index in [2.05, 4.69) is 32.9 Å². The lowest BCUT2D eigenvalue weighted by molar-refractivity contribution is 0.100. The van der Waals surface area contributed by atoms with Gasteiger partial charge in [-0.05, 0) is 56.6 Å². The van der Waals surface area contributed by atoms with Gasteiger partial charge in [0.15, 0.2) is 0 Å². The maximum atomic E-state index is 6.41. The number of nitrogens with one attached hydrogen (secondary N) is 1. The summed E-state index contributed by atoms with van der Waals surface area (Å²) in [4.78, 5) is 7.78. The quantitative estimate of drug-likeness (QED) is 0.386. The van der Waals surface area contributed by atoms with E-state index in [-0.39, 0.29) is 0 Å². The van der Waals surface area contributed by atoms with Crippen molar-refractivity contribution in [2.75, 3.05) is 26.1 Å². The molecule has 0 unspecified atom stereocenters. The highest BCUT2D eigenvalue weighted by Gasteiger charge is 2.41. The monoisotopic (exact) mass is 508 g/mol. The van der Waals surface area contributed by atoms with Crippen LogP contribution in [0.2, 0.25) is 5.02 Å². The number of hydrogen-bond donors (Lipinski definition) is 1. The number of imidazole rings is 1. The molecule has 1 N–H and O–H groups in total. The molecule has 0 spiro atoms. The van der Waals surface area contributed by atoms with Gasteiger partial charge in [-0.3, -0.25) is 4.90 Å². The average Bonchev–Trinajstić information content (AvgIpc) is 3.41. The van der Waals surface area contributed by atoms with Crippen LogP contribution in [0.25, 0.3) is 16.9 Å². The lowest BCUT2D eigenvalue weighted by Crippen LogP contribution is -2.48. The van der Waals surface area contributed by atoms with Crippen LogP contribution in [0.5, 0.6) is 11.5 Å². The number of fused-ring (bicyclic) bond motifs is 3. The van der Waals surface area contributed by atoms with Gasteiger partial charge in [0.25, 0.3) is 0 Å². The van der Waals surface area contributed by atoms with Gasteiger partial charge in [-0.15, -0.1) is 0 Å². The molecular formula is C29H37ClN4O2. The van der Waals surface area contributed by atoms with E-state index < -0.39 is 0 Å². The van der Waals surface area contributed by atoms with Gasteiger partial charge in [-0.25, -0.2) is 4.98 Å². The van der Waals surface area contributed by atoms with Crippen LogP contribution in [0.1, 0.15) is 57.8 Å². The third-order valence-corrected chi connectivity index (χ3v) is 8.95. The Morgan fingerprint density at radius 1 is 0.972 bits per heavy atom. The Morgan fingerprint density at radius 3 is 2.44 bits per heavy atom. The van der Waals surface area contributed by atoms with Crippen LogP contribution in [-0.4, -0.2) is 53.2 Å². The molecule has 3 fully saturated rings. The van der Waals surface area contributed by atoms with Crippen molar-refractivity contribution in [1.82, 2.24) is 14.3 Å². The molecule has 1 aliphatic carbocycles. The van der Waals surface area contributed by atoms with E-state index in [9.17, 15) is 0 Å². The van der Waals surface area contributed by atoms with E-state index >= 15 is 0 Å². The Labute approximate surface area is 218 Å². The van der Waals surface area contributed by atoms with E-state index in [4.69, 9.17) is 26.1 Å². The number of anilines is 1. The highest BCUT2D eigenvalue weighted by atomic mass is 35.5. The molecule has 2 saturated heterocycles. The van der Waals surface area contributed by atoms with E-state index in [1.165, 1.54) is 64.3 Å². The molecule has 36 heavy (non-hydrogen) atoms. The number of halogens is 1. The maximum Gasteiger partial charge on any atom is 0.141 e. The number of methoxy groups -OCH3 is 2. The lowest BCUT2D eigenvalue weighted by atomic mass is 9.87. The molecule has 6 rings (SSSR count). The average molecular weight is 509 g/mol. The molecule has 0 amide bonds. The van der Waals surface area contributed by atoms with E-state index in [0.29, 0.717) is 22.6 Å². The number of aromatic nitrogens is 2. The first-order chi connectivity index (χ1) is 17.6. The fourth-order valence-electron chi connectivity index (χ4n) is 6.86. The number of benzene rings is 1. The summed E-state index contributed by atoms with van der Waals surface area (Å²) in [6, 6.07) is 10.0. The summed E-state index contributed by atoms with van der Waals surface area (Å²) >= 11 is 6.41. The molecule has 2 aromatic heterocycles. The van der Waals surface area contributed by atoms with Crippen molar-refractivity contribution in [3.8, 4) is 22.8 Å². The predicted octanol–water partition coefficient (Wildman–Crippen LogP) is 6.66. The Balaban J connectivity index is 1.16. The van der Waals surface area contributed by atoms with Crippen LogP contribution in [0, 0.1) is 5.92 Å². The first kappa shape index (κ1) is 23.9. The largest absolute Gasteiger partial charge is 0.496 e. The van der Waals surface area contributed by atoms with E-state index in [1.807, 2.05) is 18.3 Å². The fraction of sp³-hybridized carbons (Fsp3) is 0.552. The number of hydrogen-bond acceptors (Lipinski definition) is 5. The molecule has 1 aromatic carbocycles. The Morgan fingerprint density at radius 2 is 1.72 bits per heavy atom. The Bertz CT molecular complexity index is 1210. The molecule has 3 aromatic rings. The Hall–Kier alpha value is -2.44. The second kappa shape index (κ2) is 10.1. The minimum Gasteiger partial charge on any atom is -0.496 e. The Kier molecular flexibility index (Phi) is 6.74. The van der Waals surface area contributed by atoms with Gasteiger partial charge in [0.2, 0.25) is 0 Å². The second-order valence-corrected chi connectivity index (χ2v) is 11.3. The first-order valence-electron chi connectivity index (χ1n) is 13.5. The molecule has 4 heterocycles. The van der Waals surface area contributed by atoms with Gasteiger partial charge in [0, 0.05) is 60.4 Å². The van der Waals surface area contributed by atoms with Gasteiger partial charge in [-0.1, -0.05) is 30.9 Å². The summed E-state index contributed by atoms with van der Waals surface area (Å²) in [6.45, 7) is 1.34. The molecule has 3 aliphatic rings. The topological polar surface area (TPSA) is 51.0 Å². The number of piperidine rings is 1. The zero-order valence-electron chi connectivity index (χ0n) is 21.4. The van der Waals surface area contributed by atoms with E-state index in [0.717, 1.165) is 40.6 Å². The third kappa shape index (κ3) is 4.66. The number of ether oxygens (including phenoxy) is 2. The maximum absolute atomic E-state index is 6.41. The predicted molar refractivity (Wildman–Crippen MR) is 145 cm³/mol. The normalized spacial score (nSPS) is 24.8. The highest BCUT2D eigenvalue weighted by Crippen LogP contribution is 2.40. The van der Waals surface area contributed by atoms with Crippen LogP contribution in [-0.2, 0) is 0 Å². The van der Waals surface area contributed by atoms with Crippen molar-refractivity contribution in [3.05, 3.63) is 41.7 Å². The summed E-state index contributed by atoms with van der Waals surface area (Å²) in [5, 5.41) is 4.39. The molecule has 192 valence electrons. The van der Waals surface area contributed by atoms with Gasteiger partial charge in [0.05, 0.1) is 24.9 Å². The number of rotatable bonds is 7. The summed E-state index contributed by atoms with van der Waals surface area (Å²) in [7, 11) is 3.25. The highest BCUT2D eigenvalue weighted by molar-refractivity contribution is 6.32. The van der Waals surface area contributed by atoms with Gasteiger partial charge < -0.3 is 19.2 Å². The third-order valence-electron chi connectivity index (χ3n) is 8.66. The molecule has 2 bridgehead atoms. The van der Waals surface area contributed by atoms with Gasteiger partial charge in [-0.2, -0.15) is 0 Å². The standard InChI is InChI=1S/C29H37ClN4O2/c1-35-27-16-28(36-2)25(30)15-24(27)26-18-33-11-10-20(14-29(33)32-26)31-21-12-22-8-9-23(13-21)34(22)17-19-6-4-3-5-7-19/h10-11,14-16,18-19,21-23,31H,3-9,12-13,17H2,1-2H3/t21-,22+,23-.